The van der Waals surface area contributed by atoms with Gasteiger partial charge in [-0.2, -0.15) is 4.68 Å². The number of nitro groups is 1. The van der Waals surface area contributed by atoms with Crippen LogP contribution in [0.15, 0.2) is 24.3 Å². The van der Waals surface area contributed by atoms with Crippen LogP contribution in [0.3, 0.4) is 0 Å². The molecule has 0 fully saturated rings. The van der Waals surface area contributed by atoms with Crippen LogP contribution >= 0.6 is 11.6 Å². The summed E-state index contributed by atoms with van der Waals surface area (Å²) in [6.45, 7) is 0. The zero-order valence-electron chi connectivity index (χ0n) is 7.95. The van der Waals surface area contributed by atoms with Crippen molar-refractivity contribution in [1.82, 2.24) is 20.2 Å². The van der Waals surface area contributed by atoms with Crippen LogP contribution in [0, 0.1) is 10.1 Å². The van der Waals surface area contributed by atoms with Gasteiger partial charge in [0.05, 0.1) is 16.5 Å². The fraction of sp³-hybridized carbons (Fsp3) is 0.125. The summed E-state index contributed by atoms with van der Waals surface area (Å²) in [7, 11) is 0. The van der Waals surface area contributed by atoms with Crippen LogP contribution in [-0.4, -0.2) is 25.1 Å². The number of alkyl halides is 1. The number of nitro benzene ring substituents is 1. The molecule has 1 heterocycles. The van der Waals surface area contributed by atoms with Crippen molar-refractivity contribution >= 4 is 17.3 Å². The molecule has 0 unspecified atom stereocenters. The molecule has 0 amide bonds. The Kier molecular flexibility index (Phi) is 2.78. The summed E-state index contributed by atoms with van der Waals surface area (Å²) in [6, 6.07) is 6.01. The summed E-state index contributed by atoms with van der Waals surface area (Å²) < 4.78 is 1.36. The van der Waals surface area contributed by atoms with E-state index in [1.165, 1.54) is 16.8 Å². The van der Waals surface area contributed by atoms with Crippen LogP contribution in [0.2, 0.25) is 0 Å². The summed E-state index contributed by atoms with van der Waals surface area (Å²) in [5.41, 5.74) is 0.489. The topological polar surface area (TPSA) is 86.7 Å². The van der Waals surface area contributed by atoms with Gasteiger partial charge in [-0.15, -0.1) is 16.7 Å². The highest BCUT2D eigenvalue weighted by Crippen LogP contribution is 2.16. The number of nitrogens with zero attached hydrogens (tertiary/aromatic N) is 5. The van der Waals surface area contributed by atoms with Crippen molar-refractivity contribution in [2.75, 3.05) is 0 Å². The van der Waals surface area contributed by atoms with Gasteiger partial charge >= 0.3 is 0 Å². The zero-order valence-corrected chi connectivity index (χ0v) is 8.70. The van der Waals surface area contributed by atoms with E-state index < -0.39 is 4.92 Å². The van der Waals surface area contributed by atoms with E-state index in [9.17, 15) is 10.1 Å². The fourth-order valence-electron chi connectivity index (χ4n) is 1.23. The zero-order chi connectivity index (χ0) is 11.5. The number of aromatic nitrogens is 4. The van der Waals surface area contributed by atoms with E-state index in [1.54, 1.807) is 12.1 Å². The molecule has 1 aromatic heterocycles. The lowest BCUT2D eigenvalue weighted by molar-refractivity contribution is -0.384. The molecule has 0 N–H and O–H groups in total. The minimum Gasteiger partial charge on any atom is -0.258 e. The first-order valence-electron chi connectivity index (χ1n) is 4.30. The number of rotatable bonds is 3. The third kappa shape index (κ3) is 1.84. The first kappa shape index (κ1) is 10.5. The molecule has 8 heteroatoms. The molecule has 0 aliphatic rings. The van der Waals surface area contributed by atoms with Gasteiger partial charge in [-0.3, -0.25) is 10.1 Å². The summed E-state index contributed by atoms with van der Waals surface area (Å²) >= 11 is 5.63. The maximum Gasteiger partial charge on any atom is 0.271 e. The van der Waals surface area contributed by atoms with Crippen LogP contribution in [0.5, 0.6) is 0 Å². The van der Waals surface area contributed by atoms with Crippen molar-refractivity contribution in [3.8, 4) is 5.69 Å². The molecule has 0 bridgehead atoms. The van der Waals surface area contributed by atoms with Gasteiger partial charge in [0.25, 0.3) is 5.69 Å². The Balaban J connectivity index is 2.48. The SMILES string of the molecule is O=[N+]([O-])c1cccc(-n2nnnc2CCl)c1. The number of tetrazole rings is 1. The molecular weight excluding hydrogens is 234 g/mol. The summed E-state index contributed by atoms with van der Waals surface area (Å²) in [6.07, 6.45) is 0. The lowest BCUT2D eigenvalue weighted by Gasteiger charge is -2.01. The quantitative estimate of drug-likeness (QED) is 0.458. The van der Waals surface area contributed by atoms with Gasteiger partial charge in [0.15, 0.2) is 5.82 Å². The maximum atomic E-state index is 10.6. The normalized spacial score (nSPS) is 10.3. The Bertz CT molecular complexity index is 527. The largest absolute Gasteiger partial charge is 0.271 e. The van der Waals surface area contributed by atoms with Crippen LogP contribution in [0.1, 0.15) is 5.82 Å². The molecule has 0 atom stereocenters. The van der Waals surface area contributed by atoms with Gasteiger partial charge in [-0.25, -0.2) is 0 Å². The minimum atomic E-state index is -0.478. The molecule has 0 radical (unpaired) electrons. The van der Waals surface area contributed by atoms with Gasteiger partial charge < -0.3 is 0 Å². The number of halogens is 1. The smallest absolute Gasteiger partial charge is 0.258 e. The Morgan fingerprint density at radius 3 is 3.00 bits per heavy atom. The predicted octanol–water partition coefficient (Wildman–Crippen LogP) is 1.31. The van der Waals surface area contributed by atoms with Crippen molar-refractivity contribution in [2.24, 2.45) is 0 Å². The molecule has 0 saturated heterocycles. The van der Waals surface area contributed by atoms with E-state index in [4.69, 9.17) is 11.6 Å². The second-order valence-electron chi connectivity index (χ2n) is 2.92. The van der Waals surface area contributed by atoms with E-state index in [2.05, 4.69) is 15.5 Å². The van der Waals surface area contributed by atoms with E-state index in [-0.39, 0.29) is 11.6 Å². The fourth-order valence-corrected chi connectivity index (χ4v) is 1.39. The lowest BCUT2D eigenvalue weighted by Crippen LogP contribution is -2.02. The Morgan fingerprint density at radius 1 is 1.50 bits per heavy atom. The maximum absolute atomic E-state index is 10.6. The minimum absolute atomic E-state index is 0.0199. The van der Waals surface area contributed by atoms with Crippen molar-refractivity contribution < 1.29 is 4.92 Å². The highest BCUT2D eigenvalue weighted by Gasteiger charge is 2.11. The Labute approximate surface area is 94.8 Å². The summed E-state index contributed by atoms with van der Waals surface area (Å²) in [5, 5.41) is 21.4. The molecule has 0 saturated carbocycles. The van der Waals surface area contributed by atoms with Crippen LogP contribution in [0.4, 0.5) is 5.69 Å². The molecule has 0 aliphatic carbocycles. The molecule has 82 valence electrons. The average molecular weight is 240 g/mol. The highest BCUT2D eigenvalue weighted by molar-refractivity contribution is 6.16. The Hall–Kier alpha value is -2.02. The van der Waals surface area contributed by atoms with Crippen LogP contribution in [0.25, 0.3) is 5.69 Å². The van der Waals surface area contributed by atoms with Crippen molar-refractivity contribution in [1.29, 1.82) is 0 Å². The molecule has 0 spiro atoms. The summed E-state index contributed by atoms with van der Waals surface area (Å²) in [4.78, 5) is 10.1. The monoisotopic (exact) mass is 239 g/mol. The van der Waals surface area contributed by atoms with E-state index >= 15 is 0 Å². The summed E-state index contributed by atoms with van der Waals surface area (Å²) in [5.74, 6) is 0.567. The van der Waals surface area contributed by atoms with Crippen LogP contribution < -0.4 is 0 Å². The molecular formula is C8H6ClN5O2. The van der Waals surface area contributed by atoms with E-state index in [1.807, 2.05) is 0 Å². The molecule has 1 aromatic carbocycles. The third-order valence-corrected chi connectivity index (χ3v) is 2.18. The van der Waals surface area contributed by atoms with Crippen molar-refractivity contribution in [2.45, 2.75) is 5.88 Å². The van der Waals surface area contributed by atoms with Gasteiger partial charge in [0.2, 0.25) is 0 Å². The third-order valence-electron chi connectivity index (χ3n) is 1.94. The second-order valence-corrected chi connectivity index (χ2v) is 3.18. The van der Waals surface area contributed by atoms with Gasteiger partial charge in [-0.05, 0) is 16.5 Å². The lowest BCUT2D eigenvalue weighted by atomic mass is 10.3. The number of non-ortho nitro benzene ring substituents is 1. The first-order chi connectivity index (χ1) is 7.72. The van der Waals surface area contributed by atoms with Crippen molar-refractivity contribution in [3.05, 3.63) is 40.2 Å². The Morgan fingerprint density at radius 2 is 2.31 bits per heavy atom. The average Bonchev–Trinajstić information content (AvgIpc) is 2.77. The van der Waals surface area contributed by atoms with Crippen LogP contribution in [-0.2, 0) is 5.88 Å². The molecule has 2 rings (SSSR count). The number of hydrogen-bond acceptors (Lipinski definition) is 5. The van der Waals surface area contributed by atoms with Gasteiger partial charge in [-0.1, -0.05) is 6.07 Å². The number of benzene rings is 1. The number of hydrogen-bond donors (Lipinski definition) is 0. The van der Waals surface area contributed by atoms with E-state index in [0.717, 1.165) is 0 Å². The van der Waals surface area contributed by atoms with Crippen molar-refractivity contribution in [3.63, 3.8) is 0 Å². The molecule has 7 nitrogen and oxygen atoms in total. The molecule has 16 heavy (non-hydrogen) atoms. The van der Waals surface area contributed by atoms with E-state index in [0.29, 0.717) is 11.5 Å². The first-order valence-corrected chi connectivity index (χ1v) is 4.84. The highest BCUT2D eigenvalue weighted by atomic mass is 35.5. The predicted molar refractivity (Wildman–Crippen MR) is 55.4 cm³/mol. The molecule has 2 aromatic rings. The van der Waals surface area contributed by atoms with Gasteiger partial charge in [0, 0.05) is 12.1 Å². The standard InChI is InChI=1S/C8H6ClN5O2/c9-5-8-10-11-12-13(8)6-2-1-3-7(4-6)14(15)16/h1-4H,5H2. The molecule has 0 aliphatic heterocycles. The second kappa shape index (κ2) is 4.23. The van der Waals surface area contributed by atoms with Gasteiger partial charge in [0.1, 0.15) is 0 Å².